The smallest absolute Gasteiger partial charge is 0.119 e. The first-order chi connectivity index (χ1) is 11.2. The minimum Gasteiger partial charge on any atom is -0.489 e. The number of H-pyrrole nitrogens is 1. The quantitative estimate of drug-likeness (QED) is 0.764. The fourth-order valence-electron chi connectivity index (χ4n) is 2.51. The maximum absolute atomic E-state index is 9.11. The van der Waals surface area contributed by atoms with Crippen molar-refractivity contribution in [3.8, 4) is 23.1 Å². The Hall–Kier alpha value is -3.19. The molecule has 0 unspecified atom stereocenters. The van der Waals surface area contributed by atoms with Crippen molar-refractivity contribution in [2.45, 2.75) is 13.5 Å². The van der Waals surface area contributed by atoms with Crippen LogP contribution in [0, 0.1) is 18.3 Å². The first kappa shape index (κ1) is 14.7. The number of nitrogens with two attached hydrogens (primary N) is 1. The Morgan fingerprint density at radius 2 is 1.78 bits per heavy atom. The summed E-state index contributed by atoms with van der Waals surface area (Å²) in [7, 11) is 0. The number of rotatable bonds is 4. The van der Waals surface area contributed by atoms with Crippen LogP contribution in [0.2, 0.25) is 0 Å². The highest BCUT2D eigenvalue weighted by molar-refractivity contribution is 5.72. The van der Waals surface area contributed by atoms with E-state index in [0.717, 1.165) is 28.1 Å². The number of nitrogens with one attached hydrogen (secondary N) is 1. The SMILES string of the molecule is Cc1c(-c2ccc(OCc3ccccc3)cc2)[nH]c(N)c1C#N. The van der Waals surface area contributed by atoms with Crippen LogP contribution in [0.4, 0.5) is 5.82 Å². The number of aromatic amines is 1. The zero-order valence-electron chi connectivity index (χ0n) is 12.8. The molecule has 1 aromatic heterocycles. The zero-order chi connectivity index (χ0) is 16.2. The normalized spacial score (nSPS) is 10.3. The molecule has 2 aromatic carbocycles. The molecule has 0 fully saturated rings. The number of ether oxygens (including phenoxy) is 1. The lowest BCUT2D eigenvalue weighted by atomic mass is 10.1. The molecule has 0 atom stereocenters. The molecule has 114 valence electrons. The highest BCUT2D eigenvalue weighted by Gasteiger charge is 2.13. The first-order valence-corrected chi connectivity index (χ1v) is 7.34. The predicted molar refractivity (Wildman–Crippen MR) is 90.9 cm³/mol. The third-order valence-electron chi connectivity index (χ3n) is 3.78. The summed E-state index contributed by atoms with van der Waals surface area (Å²) in [4.78, 5) is 3.07. The lowest BCUT2D eigenvalue weighted by molar-refractivity contribution is 0.306. The number of nitrogens with zero attached hydrogens (tertiary/aromatic N) is 1. The van der Waals surface area contributed by atoms with Crippen molar-refractivity contribution >= 4 is 5.82 Å². The molecule has 4 nitrogen and oxygen atoms in total. The maximum Gasteiger partial charge on any atom is 0.119 e. The second kappa shape index (κ2) is 6.29. The first-order valence-electron chi connectivity index (χ1n) is 7.34. The zero-order valence-corrected chi connectivity index (χ0v) is 12.8. The van der Waals surface area contributed by atoms with Gasteiger partial charge in [-0.05, 0) is 47.9 Å². The number of nitriles is 1. The van der Waals surface area contributed by atoms with Gasteiger partial charge in [0.15, 0.2) is 0 Å². The third-order valence-corrected chi connectivity index (χ3v) is 3.78. The van der Waals surface area contributed by atoms with Gasteiger partial charge >= 0.3 is 0 Å². The topological polar surface area (TPSA) is 74.8 Å². The van der Waals surface area contributed by atoms with E-state index < -0.39 is 0 Å². The van der Waals surface area contributed by atoms with Crippen molar-refractivity contribution < 1.29 is 4.74 Å². The Balaban J connectivity index is 1.76. The summed E-state index contributed by atoms with van der Waals surface area (Å²) < 4.78 is 5.78. The highest BCUT2D eigenvalue weighted by atomic mass is 16.5. The summed E-state index contributed by atoms with van der Waals surface area (Å²) in [5.41, 5.74) is 10.2. The molecule has 1 heterocycles. The third kappa shape index (κ3) is 3.04. The van der Waals surface area contributed by atoms with Gasteiger partial charge in [-0.25, -0.2) is 0 Å². The van der Waals surface area contributed by atoms with Crippen LogP contribution < -0.4 is 10.5 Å². The number of anilines is 1. The second-order valence-electron chi connectivity index (χ2n) is 5.32. The van der Waals surface area contributed by atoms with Gasteiger partial charge in [-0.2, -0.15) is 5.26 Å². The molecule has 0 aliphatic carbocycles. The Morgan fingerprint density at radius 3 is 2.39 bits per heavy atom. The summed E-state index contributed by atoms with van der Waals surface area (Å²) in [6.45, 7) is 2.42. The van der Waals surface area contributed by atoms with Gasteiger partial charge in [0.1, 0.15) is 24.2 Å². The summed E-state index contributed by atoms with van der Waals surface area (Å²) in [5.74, 6) is 1.21. The number of nitrogen functional groups attached to an aromatic ring is 1. The van der Waals surface area contributed by atoms with Crippen molar-refractivity contribution in [2.24, 2.45) is 0 Å². The van der Waals surface area contributed by atoms with E-state index in [1.807, 2.05) is 61.5 Å². The van der Waals surface area contributed by atoms with E-state index in [-0.39, 0.29) is 0 Å². The van der Waals surface area contributed by atoms with Gasteiger partial charge in [-0.3, -0.25) is 0 Å². The van der Waals surface area contributed by atoms with Crippen molar-refractivity contribution in [3.05, 3.63) is 71.3 Å². The molecule has 0 aliphatic rings. The molecule has 0 aliphatic heterocycles. The van der Waals surface area contributed by atoms with Crippen LogP contribution in [0.25, 0.3) is 11.3 Å². The minimum absolute atomic E-state index is 0.407. The molecule has 3 rings (SSSR count). The minimum atomic E-state index is 0.407. The number of benzene rings is 2. The summed E-state index contributed by atoms with van der Waals surface area (Å²) in [6, 6.07) is 19.9. The molecule has 3 aromatic rings. The monoisotopic (exact) mass is 303 g/mol. The molecule has 0 saturated heterocycles. The van der Waals surface area contributed by atoms with Gasteiger partial charge in [-0.15, -0.1) is 0 Å². The molecule has 0 spiro atoms. The predicted octanol–water partition coefficient (Wildman–Crippen LogP) is 4.02. The van der Waals surface area contributed by atoms with Gasteiger partial charge in [0.05, 0.1) is 11.3 Å². The second-order valence-corrected chi connectivity index (χ2v) is 5.32. The highest BCUT2D eigenvalue weighted by Crippen LogP contribution is 2.29. The molecule has 4 heteroatoms. The Kier molecular flexibility index (Phi) is 4.03. The van der Waals surface area contributed by atoms with E-state index in [0.29, 0.717) is 18.0 Å². The van der Waals surface area contributed by atoms with Crippen molar-refractivity contribution in [2.75, 3.05) is 5.73 Å². The van der Waals surface area contributed by atoms with E-state index in [2.05, 4.69) is 11.1 Å². The average Bonchev–Trinajstić information content (AvgIpc) is 2.88. The van der Waals surface area contributed by atoms with E-state index in [1.54, 1.807) is 0 Å². The van der Waals surface area contributed by atoms with Crippen molar-refractivity contribution in [1.82, 2.24) is 4.98 Å². The summed E-state index contributed by atoms with van der Waals surface area (Å²) >= 11 is 0. The van der Waals surface area contributed by atoms with Gasteiger partial charge in [0, 0.05) is 0 Å². The van der Waals surface area contributed by atoms with Crippen molar-refractivity contribution in [3.63, 3.8) is 0 Å². The summed E-state index contributed by atoms with van der Waals surface area (Å²) in [5, 5.41) is 9.11. The molecule has 23 heavy (non-hydrogen) atoms. The van der Waals surface area contributed by atoms with Gasteiger partial charge in [0.25, 0.3) is 0 Å². The van der Waals surface area contributed by atoms with E-state index in [1.165, 1.54) is 0 Å². The van der Waals surface area contributed by atoms with Gasteiger partial charge in [0.2, 0.25) is 0 Å². The Morgan fingerprint density at radius 1 is 1.09 bits per heavy atom. The Labute approximate surface area is 135 Å². The largest absolute Gasteiger partial charge is 0.489 e. The molecule has 3 N–H and O–H groups in total. The molecule has 0 saturated carbocycles. The van der Waals surface area contributed by atoms with E-state index in [4.69, 9.17) is 15.7 Å². The van der Waals surface area contributed by atoms with Crippen LogP contribution in [0.5, 0.6) is 5.75 Å². The number of hydrogen-bond acceptors (Lipinski definition) is 3. The number of hydrogen-bond donors (Lipinski definition) is 2. The molecular weight excluding hydrogens is 286 g/mol. The summed E-state index contributed by atoms with van der Waals surface area (Å²) in [6.07, 6.45) is 0. The lowest BCUT2D eigenvalue weighted by Gasteiger charge is -2.07. The Bertz CT molecular complexity index is 843. The van der Waals surface area contributed by atoms with E-state index in [9.17, 15) is 0 Å². The average molecular weight is 303 g/mol. The maximum atomic E-state index is 9.11. The van der Waals surface area contributed by atoms with Crippen LogP contribution >= 0.6 is 0 Å². The fraction of sp³-hybridized carbons (Fsp3) is 0.105. The lowest BCUT2D eigenvalue weighted by Crippen LogP contribution is -1.94. The standard InChI is InChI=1S/C19H17N3O/c1-13-17(11-20)19(21)22-18(13)15-7-9-16(10-8-15)23-12-14-5-3-2-4-6-14/h2-10,22H,12,21H2,1H3. The van der Waals surface area contributed by atoms with Gasteiger partial charge in [-0.1, -0.05) is 30.3 Å². The number of aromatic nitrogens is 1. The molecular formula is C19H17N3O. The van der Waals surface area contributed by atoms with Crippen LogP contribution in [-0.2, 0) is 6.61 Å². The van der Waals surface area contributed by atoms with Crippen molar-refractivity contribution in [1.29, 1.82) is 5.26 Å². The van der Waals surface area contributed by atoms with Crippen LogP contribution in [0.15, 0.2) is 54.6 Å². The molecule has 0 radical (unpaired) electrons. The molecule has 0 bridgehead atoms. The van der Waals surface area contributed by atoms with Crippen LogP contribution in [-0.4, -0.2) is 4.98 Å². The van der Waals surface area contributed by atoms with Crippen LogP contribution in [0.3, 0.4) is 0 Å². The molecule has 0 amide bonds. The van der Waals surface area contributed by atoms with Crippen LogP contribution in [0.1, 0.15) is 16.7 Å². The fourth-order valence-corrected chi connectivity index (χ4v) is 2.51. The van der Waals surface area contributed by atoms with Gasteiger partial charge < -0.3 is 15.5 Å². The van der Waals surface area contributed by atoms with E-state index >= 15 is 0 Å².